The van der Waals surface area contributed by atoms with Crippen molar-refractivity contribution in [3.8, 4) is 11.5 Å². The molecule has 7 heteroatoms. The van der Waals surface area contributed by atoms with Crippen molar-refractivity contribution in [2.45, 2.75) is 33.4 Å². The summed E-state index contributed by atoms with van der Waals surface area (Å²) in [6.07, 6.45) is 0. The SMILES string of the molecule is Cc1cc(OCCn2c(C(C)NC(=O)COc3ccccc3)nc3ccccc32)cc(C)c1Cl. The molecule has 6 nitrogen and oxygen atoms in total. The van der Waals surface area contributed by atoms with Gasteiger partial charge in [0.15, 0.2) is 6.61 Å². The zero-order chi connectivity index (χ0) is 24.1. The molecule has 0 saturated heterocycles. The number of aromatic nitrogens is 2. The number of nitrogens with one attached hydrogen (secondary N) is 1. The van der Waals surface area contributed by atoms with Crippen LogP contribution in [0.25, 0.3) is 11.0 Å². The number of imidazole rings is 1. The lowest BCUT2D eigenvalue weighted by atomic mass is 10.1. The van der Waals surface area contributed by atoms with Crippen molar-refractivity contribution in [2.75, 3.05) is 13.2 Å². The molecule has 176 valence electrons. The van der Waals surface area contributed by atoms with Crippen molar-refractivity contribution in [2.24, 2.45) is 0 Å². The highest BCUT2D eigenvalue weighted by Crippen LogP contribution is 2.26. The summed E-state index contributed by atoms with van der Waals surface area (Å²) in [4.78, 5) is 17.3. The van der Waals surface area contributed by atoms with Gasteiger partial charge in [-0.3, -0.25) is 4.79 Å². The Hall–Kier alpha value is -3.51. The van der Waals surface area contributed by atoms with Gasteiger partial charge >= 0.3 is 0 Å². The molecule has 4 rings (SSSR count). The number of nitrogens with zero attached hydrogens (tertiary/aromatic N) is 2. The number of ether oxygens (including phenoxy) is 2. The van der Waals surface area contributed by atoms with Gasteiger partial charge in [-0.15, -0.1) is 0 Å². The Morgan fingerprint density at radius 1 is 1.00 bits per heavy atom. The van der Waals surface area contributed by atoms with Gasteiger partial charge in [-0.2, -0.15) is 0 Å². The van der Waals surface area contributed by atoms with E-state index in [0.717, 1.165) is 38.8 Å². The molecular weight excluding hydrogens is 450 g/mol. The number of carbonyl (C=O) groups is 1. The standard InChI is InChI=1S/C27H28ClN3O3/c1-18-15-22(16-19(2)26(18)28)33-14-13-31-24-12-8-7-11-23(24)30-27(31)20(3)29-25(32)17-34-21-9-5-4-6-10-21/h4-12,15-16,20H,13-14,17H2,1-3H3,(H,29,32). The van der Waals surface area contributed by atoms with E-state index in [0.29, 0.717) is 18.9 Å². The van der Waals surface area contributed by atoms with E-state index in [9.17, 15) is 4.79 Å². The van der Waals surface area contributed by atoms with Crippen LogP contribution in [0.15, 0.2) is 66.7 Å². The Balaban J connectivity index is 1.45. The molecule has 0 aliphatic carbocycles. The summed E-state index contributed by atoms with van der Waals surface area (Å²) in [7, 11) is 0. The van der Waals surface area contributed by atoms with Gasteiger partial charge in [0.05, 0.1) is 23.6 Å². The first kappa shape index (κ1) is 23.6. The van der Waals surface area contributed by atoms with E-state index >= 15 is 0 Å². The summed E-state index contributed by atoms with van der Waals surface area (Å²) in [6.45, 7) is 6.83. The third kappa shape index (κ3) is 5.51. The van der Waals surface area contributed by atoms with E-state index in [4.69, 9.17) is 26.1 Å². The number of benzene rings is 3. The van der Waals surface area contributed by atoms with Gasteiger partial charge in [0.1, 0.15) is 23.9 Å². The third-order valence-electron chi connectivity index (χ3n) is 5.56. The largest absolute Gasteiger partial charge is 0.492 e. The molecule has 1 unspecified atom stereocenters. The highest BCUT2D eigenvalue weighted by atomic mass is 35.5. The molecule has 1 aromatic heterocycles. The Morgan fingerprint density at radius 3 is 2.41 bits per heavy atom. The number of amides is 1. The molecule has 0 spiro atoms. The van der Waals surface area contributed by atoms with E-state index in [-0.39, 0.29) is 18.6 Å². The van der Waals surface area contributed by atoms with Crippen molar-refractivity contribution in [1.82, 2.24) is 14.9 Å². The molecule has 0 saturated carbocycles. The molecule has 4 aromatic rings. The molecule has 1 N–H and O–H groups in total. The van der Waals surface area contributed by atoms with Crippen LogP contribution in [0.4, 0.5) is 0 Å². The van der Waals surface area contributed by atoms with E-state index in [2.05, 4.69) is 9.88 Å². The zero-order valence-corrected chi connectivity index (χ0v) is 20.3. The van der Waals surface area contributed by atoms with Crippen LogP contribution in [0.2, 0.25) is 5.02 Å². The number of carbonyl (C=O) groups excluding carboxylic acids is 1. The fourth-order valence-corrected chi connectivity index (χ4v) is 4.03. The number of halogens is 1. The number of aryl methyl sites for hydroxylation is 2. The number of hydrogen-bond acceptors (Lipinski definition) is 4. The molecule has 1 amide bonds. The van der Waals surface area contributed by atoms with Gasteiger partial charge in [-0.25, -0.2) is 4.98 Å². The van der Waals surface area contributed by atoms with Crippen LogP contribution >= 0.6 is 11.6 Å². The summed E-state index contributed by atoms with van der Waals surface area (Å²) in [5, 5.41) is 3.75. The lowest BCUT2D eigenvalue weighted by Gasteiger charge is -2.17. The van der Waals surface area contributed by atoms with E-state index in [1.807, 2.05) is 87.5 Å². The molecule has 34 heavy (non-hydrogen) atoms. The first-order valence-electron chi connectivity index (χ1n) is 11.2. The molecule has 0 aliphatic heterocycles. The summed E-state index contributed by atoms with van der Waals surface area (Å²) in [5.74, 6) is 1.99. The van der Waals surface area contributed by atoms with E-state index in [1.165, 1.54) is 0 Å². The molecule has 0 radical (unpaired) electrons. The second-order valence-corrected chi connectivity index (χ2v) is 8.60. The van der Waals surface area contributed by atoms with Crippen molar-refractivity contribution < 1.29 is 14.3 Å². The first-order chi connectivity index (χ1) is 16.4. The van der Waals surface area contributed by atoms with Crippen LogP contribution in [0.3, 0.4) is 0 Å². The van der Waals surface area contributed by atoms with Gasteiger partial charge < -0.3 is 19.4 Å². The lowest BCUT2D eigenvalue weighted by Crippen LogP contribution is -2.33. The fraction of sp³-hybridized carbons (Fsp3) is 0.259. The summed E-state index contributed by atoms with van der Waals surface area (Å²) < 4.78 is 13.7. The topological polar surface area (TPSA) is 65.4 Å². The van der Waals surface area contributed by atoms with Crippen LogP contribution < -0.4 is 14.8 Å². The number of rotatable bonds is 9. The van der Waals surface area contributed by atoms with Crippen LogP contribution in [0.1, 0.15) is 29.9 Å². The minimum atomic E-state index is -0.306. The maximum atomic E-state index is 12.5. The minimum Gasteiger partial charge on any atom is -0.492 e. The molecular formula is C27H28ClN3O3. The molecule has 0 aliphatic rings. The Kier molecular flexibility index (Phi) is 7.38. The smallest absolute Gasteiger partial charge is 0.258 e. The molecule has 1 atom stereocenters. The number of fused-ring (bicyclic) bond motifs is 1. The van der Waals surface area contributed by atoms with Gasteiger partial charge in [-0.05, 0) is 68.3 Å². The molecule has 0 bridgehead atoms. The highest BCUT2D eigenvalue weighted by molar-refractivity contribution is 6.32. The molecule has 0 fully saturated rings. The Morgan fingerprint density at radius 2 is 1.68 bits per heavy atom. The van der Waals surface area contributed by atoms with Crippen LogP contribution in [-0.4, -0.2) is 28.7 Å². The van der Waals surface area contributed by atoms with Crippen molar-refractivity contribution in [3.63, 3.8) is 0 Å². The van der Waals surface area contributed by atoms with Gasteiger partial charge in [0.25, 0.3) is 5.91 Å². The van der Waals surface area contributed by atoms with E-state index in [1.54, 1.807) is 0 Å². The zero-order valence-electron chi connectivity index (χ0n) is 19.5. The predicted molar refractivity (Wildman–Crippen MR) is 135 cm³/mol. The van der Waals surface area contributed by atoms with Crippen LogP contribution in [0.5, 0.6) is 11.5 Å². The summed E-state index contributed by atoms with van der Waals surface area (Å²) in [5.41, 5.74) is 3.84. The summed E-state index contributed by atoms with van der Waals surface area (Å²) >= 11 is 6.27. The minimum absolute atomic E-state index is 0.0625. The van der Waals surface area contributed by atoms with Crippen molar-refractivity contribution in [1.29, 1.82) is 0 Å². The van der Waals surface area contributed by atoms with Crippen LogP contribution in [0, 0.1) is 13.8 Å². The molecule has 3 aromatic carbocycles. The monoisotopic (exact) mass is 477 g/mol. The Labute approximate surface area is 204 Å². The average Bonchev–Trinajstić information content (AvgIpc) is 3.21. The lowest BCUT2D eigenvalue weighted by molar-refractivity contribution is -0.123. The maximum absolute atomic E-state index is 12.5. The van der Waals surface area contributed by atoms with Crippen LogP contribution in [-0.2, 0) is 11.3 Å². The maximum Gasteiger partial charge on any atom is 0.258 e. The summed E-state index contributed by atoms with van der Waals surface area (Å²) in [6, 6.07) is 20.8. The predicted octanol–water partition coefficient (Wildman–Crippen LogP) is 5.64. The Bertz CT molecular complexity index is 1260. The second kappa shape index (κ2) is 10.6. The number of hydrogen-bond donors (Lipinski definition) is 1. The average molecular weight is 478 g/mol. The second-order valence-electron chi connectivity index (χ2n) is 8.22. The third-order valence-corrected chi connectivity index (χ3v) is 6.15. The molecule has 1 heterocycles. The van der Waals surface area contributed by atoms with Crippen molar-refractivity contribution >= 4 is 28.5 Å². The quantitative estimate of drug-likeness (QED) is 0.338. The van der Waals surface area contributed by atoms with Crippen molar-refractivity contribution in [3.05, 3.63) is 88.7 Å². The number of para-hydroxylation sites is 3. The van der Waals surface area contributed by atoms with Gasteiger partial charge in [-0.1, -0.05) is 41.9 Å². The fourth-order valence-electron chi connectivity index (χ4n) is 3.92. The first-order valence-corrected chi connectivity index (χ1v) is 11.6. The highest BCUT2D eigenvalue weighted by Gasteiger charge is 2.19. The van der Waals surface area contributed by atoms with E-state index < -0.39 is 0 Å². The van der Waals surface area contributed by atoms with Gasteiger partial charge in [0, 0.05) is 5.02 Å². The van der Waals surface area contributed by atoms with Gasteiger partial charge in [0.2, 0.25) is 0 Å². The normalized spacial score (nSPS) is 11.9.